The first-order valence-corrected chi connectivity index (χ1v) is 5.48. The second kappa shape index (κ2) is 6.48. The molecule has 1 amide bonds. The van der Waals surface area contributed by atoms with E-state index in [1.807, 2.05) is 20.8 Å². The maximum atomic E-state index is 11.6. The first-order valence-electron chi connectivity index (χ1n) is 5.48. The molecule has 0 aromatic rings. The Hall–Kier alpha value is -1.10. The van der Waals surface area contributed by atoms with Crippen molar-refractivity contribution in [1.82, 2.24) is 9.80 Å². The summed E-state index contributed by atoms with van der Waals surface area (Å²) in [5, 5.41) is 9.13. The summed E-state index contributed by atoms with van der Waals surface area (Å²) < 4.78 is 0. The summed E-state index contributed by atoms with van der Waals surface area (Å²) in [5.74, 6) is -0.968. The van der Waals surface area contributed by atoms with E-state index in [-0.39, 0.29) is 18.4 Å². The standard InChI is InChI=1S/C11H22N2O3/c1-6-13(7-9(14)12(4)5)10(8(2)3)11(15)16/h8,10H,6-7H2,1-5H3,(H,15,16). The molecule has 0 aliphatic carbocycles. The van der Waals surface area contributed by atoms with Crippen molar-refractivity contribution < 1.29 is 14.7 Å². The van der Waals surface area contributed by atoms with Crippen LogP contribution in [0.3, 0.4) is 0 Å². The topological polar surface area (TPSA) is 60.9 Å². The van der Waals surface area contributed by atoms with Gasteiger partial charge in [0.15, 0.2) is 0 Å². The van der Waals surface area contributed by atoms with E-state index in [2.05, 4.69) is 0 Å². The van der Waals surface area contributed by atoms with Gasteiger partial charge in [-0.15, -0.1) is 0 Å². The van der Waals surface area contributed by atoms with Gasteiger partial charge in [-0.05, 0) is 12.5 Å². The maximum absolute atomic E-state index is 11.6. The Morgan fingerprint density at radius 1 is 1.25 bits per heavy atom. The van der Waals surface area contributed by atoms with Crippen LogP contribution in [0.4, 0.5) is 0 Å². The van der Waals surface area contributed by atoms with Crippen molar-refractivity contribution in [2.24, 2.45) is 5.92 Å². The van der Waals surface area contributed by atoms with Gasteiger partial charge in [0.05, 0.1) is 6.54 Å². The van der Waals surface area contributed by atoms with E-state index < -0.39 is 12.0 Å². The van der Waals surface area contributed by atoms with Crippen LogP contribution in [0.5, 0.6) is 0 Å². The van der Waals surface area contributed by atoms with E-state index in [0.29, 0.717) is 6.54 Å². The lowest BCUT2D eigenvalue weighted by molar-refractivity contribution is -0.146. The summed E-state index contributed by atoms with van der Waals surface area (Å²) in [4.78, 5) is 25.8. The summed E-state index contributed by atoms with van der Waals surface area (Å²) in [6.45, 7) is 6.26. The highest BCUT2D eigenvalue weighted by Gasteiger charge is 2.29. The number of hydrogen-bond donors (Lipinski definition) is 1. The third kappa shape index (κ3) is 4.18. The number of amides is 1. The van der Waals surface area contributed by atoms with Gasteiger partial charge in [-0.1, -0.05) is 20.8 Å². The number of likely N-dealkylation sites (N-methyl/N-ethyl adjacent to an activating group) is 2. The van der Waals surface area contributed by atoms with Gasteiger partial charge in [-0.3, -0.25) is 14.5 Å². The molecule has 0 aromatic carbocycles. The molecule has 0 rings (SSSR count). The van der Waals surface area contributed by atoms with Crippen LogP contribution >= 0.6 is 0 Å². The Morgan fingerprint density at radius 3 is 2.00 bits per heavy atom. The SMILES string of the molecule is CCN(CC(=O)N(C)C)C(C(=O)O)C(C)C. The van der Waals surface area contributed by atoms with Crippen LogP contribution in [0.2, 0.25) is 0 Å². The first-order chi connectivity index (χ1) is 7.31. The Balaban J connectivity index is 4.68. The Labute approximate surface area is 97.0 Å². The van der Waals surface area contributed by atoms with E-state index in [1.54, 1.807) is 19.0 Å². The van der Waals surface area contributed by atoms with Crippen molar-refractivity contribution >= 4 is 11.9 Å². The zero-order valence-electron chi connectivity index (χ0n) is 10.7. The van der Waals surface area contributed by atoms with Gasteiger partial charge in [0.25, 0.3) is 0 Å². The average Bonchev–Trinajstić information content (AvgIpc) is 2.14. The van der Waals surface area contributed by atoms with Gasteiger partial charge in [-0.2, -0.15) is 0 Å². The van der Waals surface area contributed by atoms with Gasteiger partial charge in [0, 0.05) is 14.1 Å². The predicted molar refractivity (Wildman–Crippen MR) is 62.2 cm³/mol. The Kier molecular flexibility index (Phi) is 6.03. The van der Waals surface area contributed by atoms with E-state index in [4.69, 9.17) is 5.11 Å². The van der Waals surface area contributed by atoms with Crippen molar-refractivity contribution in [2.75, 3.05) is 27.2 Å². The van der Waals surface area contributed by atoms with Crippen LogP contribution in [-0.2, 0) is 9.59 Å². The van der Waals surface area contributed by atoms with Crippen LogP contribution < -0.4 is 0 Å². The molecule has 16 heavy (non-hydrogen) atoms. The van der Waals surface area contributed by atoms with Gasteiger partial charge >= 0.3 is 5.97 Å². The summed E-state index contributed by atoms with van der Waals surface area (Å²) in [6.07, 6.45) is 0. The molecule has 5 heteroatoms. The molecule has 0 radical (unpaired) electrons. The summed E-state index contributed by atoms with van der Waals surface area (Å²) in [6, 6.07) is -0.603. The molecule has 1 unspecified atom stereocenters. The molecule has 0 fully saturated rings. The van der Waals surface area contributed by atoms with E-state index in [1.165, 1.54) is 4.90 Å². The van der Waals surface area contributed by atoms with E-state index in [0.717, 1.165) is 0 Å². The molecular weight excluding hydrogens is 208 g/mol. The smallest absolute Gasteiger partial charge is 0.321 e. The van der Waals surface area contributed by atoms with Crippen molar-refractivity contribution in [2.45, 2.75) is 26.8 Å². The molecule has 0 saturated carbocycles. The number of hydrogen-bond acceptors (Lipinski definition) is 3. The molecule has 1 atom stereocenters. The summed E-state index contributed by atoms with van der Waals surface area (Å²) in [5.41, 5.74) is 0. The quantitative estimate of drug-likeness (QED) is 0.722. The lowest BCUT2D eigenvalue weighted by Gasteiger charge is -2.30. The Morgan fingerprint density at radius 2 is 1.75 bits per heavy atom. The number of aliphatic carboxylic acids is 1. The molecular formula is C11H22N2O3. The molecule has 0 heterocycles. The third-order valence-corrected chi connectivity index (χ3v) is 2.52. The number of rotatable bonds is 6. The average molecular weight is 230 g/mol. The fourth-order valence-electron chi connectivity index (χ4n) is 1.58. The lowest BCUT2D eigenvalue weighted by Crippen LogP contribution is -2.48. The number of carboxylic acids is 1. The fraction of sp³-hybridized carbons (Fsp3) is 0.818. The van der Waals surface area contributed by atoms with Crippen LogP contribution in [0.15, 0.2) is 0 Å². The van der Waals surface area contributed by atoms with Gasteiger partial charge in [0.2, 0.25) is 5.91 Å². The minimum absolute atomic E-state index is 0.0209. The van der Waals surface area contributed by atoms with E-state index >= 15 is 0 Å². The minimum atomic E-state index is -0.872. The number of carbonyl (C=O) groups excluding carboxylic acids is 1. The predicted octanol–water partition coefficient (Wildman–Crippen LogP) is 0.506. The van der Waals surface area contributed by atoms with Gasteiger partial charge in [0.1, 0.15) is 6.04 Å². The molecule has 5 nitrogen and oxygen atoms in total. The first kappa shape index (κ1) is 14.9. The number of carboxylic acid groups (broad SMARTS) is 1. The van der Waals surface area contributed by atoms with Crippen molar-refractivity contribution in [3.8, 4) is 0 Å². The molecule has 1 N–H and O–H groups in total. The second-order valence-corrected chi connectivity index (χ2v) is 4.38. The van der Waals surface area contributed by atoms with Crippen molar-refractivity contribution in [3.05, 3.63) is 0 Å². The number of nitrogens with zero attached hydrogens (tertiary/aromatic N) is 2. The molecule has 0 aliphatic heterocycles. The van der Waals surface area contributed by atoms with Crippen molar-refractivity contribution in [1.29, 1.82) is 0 Å². The molecule has 0 saturated heterocycles. The fourth-order valence-corrected chi connectivity index (χ4v) is 1.58. The molecule has 0 aromatic heterocycles. The molecule has 0 aliphatic rings. The molecule has 0 spiro atoms. The zero-order valence-corrected chi connectivity index (χ0v) is 10.7. The van der Waals surface area contributed by atoms with E-state index in [9.17, 15) is 9.59 Å². The van der Waals surface area contributed by atoms with Crippen molar-refractivity contribution in [3.63, 3.8) is 0 Å². The summed E-state index contributed by atoms with van der Waals surface area (Å²) in [7, 11) is 3.34. The normalized spacial score (nSPS) is 12.9. The van der Waals surface area contributed by atoms with Gasteiger partial charge < -0.3 is 10.0 Å². The largest absolute Gasteiger partial charge is 0.480 e. The van der Waals surface area contributed by atoms with Crippen LogP contribution in [0, 0.1) is 5.92 Å². The monoisotopic (exact) mass is 230 g/mol. The highest BCUT2D eigenvalue weighted by atomic mass is 16.4. The third-order valence-electron chi connectivity index (χ3n) is 2.52. The molecule has 0 bridgehead atoms. The lowest BCUT2D eigenvalue weighted by atomic mass is 10.0. The van der Waals surface area contributed by atoms with Crippen LogP contribution in [-0.4, -0.2) is 60.0 Å². The number of carbonyl (C=O) groups is 2. The minimum Gasteiger partial charge on any atom is -0.480 e. The highest BCUT2D eigenvalue weighted by molar-refractivity contribution is 5.79. The van der Waals surface area contributed by atoms with Crippen LogP contribution in [0.25, 0.3) is 0 Å². The van der Waals surface area contributed by atoms with Crippen LogP contribution in [0.1, 0.15) is 20.8 Å². The highest BCUT2D eigenvalue weighted by Crippen LogP contribution is 2.11. The zero-order chi connectivity index (χ0) is 12.9. The maximum Gasteiger partial charge on any atom is 0.321 e. The summed E-state index contributed by atoms with van der Waals surface area (Å²) >= 11 is 0. The molecule has 94 valence electrons. The Bertz CT molecular complexity index is 252. The second-order valence-electron chi connectivity index (χ2n) is 4.38. The van der Waals surface area contributed by atoms with Gasteiger partial charge in [-0.25, -0.2) is 0 Å².